The van der Waals surface area contributed by atoms with Gasteiger partial charge in [0.1, 0.15) is 6.04 Å². The van der Waals surface area contributed by atoms with Crippen LogP contribution in [-0.4, -0.2) is 49.8 Å². The van der Waals surface area contributed by atoms with E-state index in [1.165, 1.54) is 7.11 Å². The van der Waals surface area contributed by atoms with Crippen LogP contribution in [-0.2, 0) is 14.3 Å². The first-order chi connectivity index (χ1) is 8.06. The van der Waals surface area contributed by atoms with Crippen molar-refractivity contribution in [3.8, 4) is 0 Å². The number of carboxylic acids is 1. The van der Waals surface area contributed by atoms with E-state index in [0.29, 0.717) is 25.3 Å². The fraction of sp³-hybridized carbons (Fsp3) is 0.636. The molecule has 0 aliphatic carbocycles. The lowest BCUT2D eigenvalue weighted by Gasteiger charge is -2.22. The number of nitrogens with one attached hydrogen (secondary N) is 2. The first-order valence-electron chi connectivity index (χ1n) is 5.48. The highest BCUT2D eigenvalue weighted by Crippen LogP contribution is 2.09. The van der Waals surface area contributed by atoms with Crippen molar-refractivity contribution in [2.45, 2.75) is 19.4 Å². The van der Waals surface area contributed by atoms with Crippen molar-refractivity contribution in [3.63, 3.8) is 0 Å². The van der Waals surface area contributed by atoms with Crippen molar-refractivity contribution in [3.05, 3.63) is 11.1 Å². The summed E-state index contributed by atoms with van der Waals surface area (Å²) in [5, 5.41) is 14.5. The fourth-order valence-corrected chi connectivity index (χ4v) is 1.44. The molecular weight excluding hydrogens is 224 g/mol. The Morgan fingerprint density at radius 2 is 2.18 bits per heavy atom. The average molecular weight is 242 g/mol. The number of amides is 1. The van der Waals surface area contributed by atoms with E-state index in [9.17, 15) is 9.59 Å². The zero-order chi connectivity index (χ0) is 12.8. The third-order valence-electron chi connectivity index (χ3n) is 2.76. The summed E-state index contributed by atoms with van der Waals surface area (Å²) in [6, 6.07) is -0.897. The van der Waals surface area contributed by atoms with Gasteiger partial charge in [-0.05, 0) is 12.5 Å². The number of ether oxygens (including phenoxy) is 1. The molecule has 0 aromatic heterocycles. The SMILES string of the molecule is COCCC(NC(=O)C(C)=C1CNC1)C(=O)O. The summed E-state index contributed by atoms with van der Waals surface area (Å²) in [6.07, 6.45) is 0.262. The minimum atomic E-state index is -1.04. The van der Waals surface area contributed by atoms with E-state index in [1.54, 1.807) is 6.92 Å². The van der Waals surface area contributed by atoms with Crippen LogP contribution >= 0.6 is 0 Å². The van der Waals surface area contributed by atoms with Crippen molar-refractivity contribution >= 4 is 11.9 Å². The van der Waals surface area contributed by atoms with Gasteiger partial charge in [-0.2, -0.15) is 0 Å². The molecule has 1 unspecified atom stereocenters. The maximum Gasteiger partial charge on any atom is 0.326 e. The predicted molar refractivity (Wildman–Crippen MR) is 61.6 cm³/mol. The van der Waals surface area contributed by atoms with E-state index >= 15 is 0 Å². The van der Waals surface area contributed by atoms with Gasteiger partial charge in [-0.25, -0.2) is 4.79 Å². The quantitative estimate of drug-likeness (QED) is 0.547. The van der Waals surface area contributed by atoms with Crippen molar-refractivity contribution in [1.29, 1.82) is 0 Å². The number of carbonyl (C=O) groups excluding carboxylic acids is 1. The molecule has 1 saturated heterocycles. The molecule has 0 spiro atoms. The second-order valence-electron chi connectivity index (χ2n) is 3.98. The van der Waals surface area contributed by atoms with Crippen LogP contribution in [0.15, 0.2) is 11.1 Å². The Bertz CT molecular complexity index is 332. The van der Waals surface area contributed by atoms with E-state index < -0.39 is 12.0 Å². The second-order valence-corrected chi connectivity index (χ2v) is 3.98. The van der Waals surface area contributed by atoms with Gasteiger partial charge in [0.15, 0.2) is 0 Å². The Balaban J connectivity index is 2.54. The number of hydrogen-bond acceptors (Lipinski definition) is 4. The van der Waals surface area contributed by atoms with Gasteiger partial charge in [0.05, 0.1) is 0 Å². The summed E-state index contributed by atoms with van der Waals surface area (Å²) in [5.74, 6) is -1.36. The average Bonchev–Trinajstić information content (AvgIpc) is 2.20. The number of aliphatic carboxylic acids is 1. The molecule has 6 heteroatoms. The van der Waals surface area contributed by atoms with Gasteiger partial charge in [0, 0.05) is 38.8 Å². The fourth-order valence-electron chi connectivity index (χ4n) is 1.44. The summed E-state index contributed by atoms with van der Waals surface area (Å²) >= 11 is 0. The van der Waals surface area contributed by atoms with Gasteiger partial charge < -0.3 is 20.5 Å². The van der Waals surface area contributed by atoms with Gasteiger partial charge in [0.25, 0.3) is 0 Å². The van der Waals surface area contributed by atoms with Crippen LogP contribution in [0.2, 0.25) is 0 Å². The molecule has 17 heavy (non-hydrogen) atoms. The summed E-state index contributed by atoms with van der Waals surface area (Å²) in [4.78, 5) is 22.7. The lowest BCUT2D eigenvalue weighted by atomic mass is 10.0. The van der Waals surface area contributed by atoms with Gasteiger partial charge in [-0.1, -0.05) is 0 Å². The predicted octanol–water partition coefficient (Wildman–Crippen LogP) is -0.488. The van der Waals surface area contributed by atoms with Crippen molar-refractivity contribution in [1.82, 2.24) is 10.6 Å². The summed E-state index contributed by atoms with van der Waals surface area (Å²) < 4.78 is 4.81. The maximum absolute atomic E-state index is 11.8. The number of hydrogen-bond donors (Lipinski definition) is 3. The Hall–Kier alpha value is -1.40. The first-order valence-corrected chi connectivity index (χ1v) is 5.48. The van der Waals surface area contributed by atoms with Crippen LogP contribution in [0.1, 0.15) is 13.3 Å². The molecule has 0 aromatic rings. The number of rotatable bonds is 6. The molecule has 1 amide bonds. The monoisotopic (exact) mass is 242 g/mol. The summed E-state index contributed by atoms with van der Waals surface area (Å²) in [7, 11) is 1.49. The third kappa shape index (κ3) is 3.83. The van der Waals surface area contributed by atoms with Gasteiger partial charge in [-0.15, -0.1) is 0 Å². The molecule has 1 fully saturated rings. The van der Waals surface area contributed by atoms with E-state index in [4.69, 9.17) is 9.84 Å². The number of methoxy groups -OCH3 is 1. The number of carbonyl (C=O) groups is 2. The van der Waals surface area contributed by atoms with E-state index in [1.807, 2.05) is 0 Å². The highest BCUT2D eigenvalue weighted by atomic mass is 16.5. The smallest absolute Gasteiger partial charge is 0.326 e. The minimum absolute atomic E-state index is 0.262. The van der Waals surface area contributed by atoms with Gasteiger partial charge >= 0.3 is 5.97 Å². The molecule has 0 bridgehead atoms. The van der Waals surface area contributed by atoms with Crippen LogP contribution < -0.4 is 10.6 Å². The van der Waals surface area contributed by atoms with Crippen LogP contribution in [0.4, 0.5) is 0 Å². The minimum Gasteiger partial charge on any atom is -0.480 e. The molecule has 96 valence electrons. The lowest BCUT2D eigenvalue weighted by Crippen LogP contribution is -2.44. The zero-order valence-corrected chi connectivity index (χ0v) is 10.1. The largest absolute Gasteiger partial charge is 0.480 e. The molecule has 0 aromatic carbocycles. The molecule has 0 saturated carbocycles. The molecule has 1 atom stereocenters. The Morgan fingerprint density at radius 3 is 2.59 bits per heavy atom. The molecule has 0 radical (unpaired) electrons. The Labute approximate surface area is 100 Å². The van der Waals surface area contributed by atoms with E-state index in [-0.39, 0.29) is 12.3 Å². The van der Waals surface area contributed by atoms with Crippen LogP contribution in [0.5, 0.6) is 0 Å². The Morgan fingerprint density at radius 1 is 1.53 bits per heavy atom. The molecular formula is C11H18N2O4. The van der Waals surface area contributed by atoms with Crippen LogP contribution in [0.3, 0.4) is 0 Å². The Kier molecular flexibility index (Phi) is 5.11. The lowest BCUT2D eigenvalue weighted by molar-refractivity contribution is -0.141. The molecule has 1 heterocycles. The first kappa shape index (κ1) is 13.7. The second kappa shape index (κ2) is 6.36. The van der Waals surface area contributed by atoms with Gasteiger partial charge in [0.2, 0.25) is 5.91 Å². The van der Waals surface area contributed by atoms with Crippen LogP contribution in [0.25, 0.3) is 0 Å². The maximum atomic E-state index is 11.8. The van der Waals surface area contributed by atoms with Crippen molar-refractivity contribution in [2.75, 3.05) is 26.8 Å². The highest BCUT2D eigenvalue weighted by Gasteiger charge is 2.22. The number of carboxylic acid groups (broad SMARTS) is 1. The molecule has 1 aliphatic heterocycles. The third-order valence-corrected chi connectivity index (χ3v) is 2.76. The van der Waals surface area contributed by atoms with Crippen molar-refractivity contribution < 1.29 is 19.4 Å². The normalized spacial score (nSPS) is 16.0. The van der Waals surface area contributed by atoms with E-state index in [2.05, 4.69) is 10.6 Å². The topological polar surface area (TPSA) is 87.7 Å². The molecule has 1 aliphatic rings. The van der Waals surface area contributed by atoms with Crippen molar-refractivity contribution in [2.24, 2.45) is 0 Å². The zero-order valence-electron chi connectivity index (χ0n) is 10.1. The molecule has 3 N–H and O–H groups in total. The highest BCUT2D eigenvalue weighted by molar-refractivity contribution is 5.96. The molecule has 1 rings (SSSR count). The van der Waals surface area contributed by atoms with E-state index in [0.717, 1.165) is 5.57 Å². The summed E-state index contributed by atoms with van der Waals surface area (Å²) in [6.45, 7) is 3.42. The van der Waals surface area contributed by atoms with Crippen LogP contribution in [0, 0.1) is 0 Å². The standard InChI is InChI=1S/C11H18N2O4/c1-7(8-5-12-6-8)10(14)13-9(11(15)16)3-4-17-2/h9,12H,3-6H2,1-2H3,(H,13,14)(H,15,16). The van der Waals surface area contributed by atoms with Gasteiger partial charge in [-0.3, -0.25) is 4.79 Å². The summed E-state index contributed by atoms with van der Waals surface area (Å²) in [5.41, 5.74) is 1.63. The molecule has 6 nitrogen and oxygen atoms in total.